The second-order valence-corrected chi connectivity index (χ2v) is 5.06. The second kappa shape index (κ2) is 8.79. The molecule has 0 saturated heterocycles. The highest BCUT2D eigenvalue weighted by Gasteiger charge is 2.15. The number of hydrazine groups is 1. The molecule has 0 saturated carbocycles. The molecule has 0 aliphatic carbocycles. The van der Waals surface area contributed by atoms with Gasteiger partial charge in [-0.05, 0) is 6.42 Å². The molecule has 0 aliphatic heterocycles. The highest BCUT2D eigenvalue weighted by Crippen LogP contribution is 2.13. The number of ether oxygens (including phenoxy) is 1. The smallest absolute Gasteiger partial charge is 0.409 e. The number of likely N-dealkylation sites (N-methyl/N-ethyl adjacent to an activating group) is 1. The molecular formula is C14H24N6O3. The van der Waals surface area contributed by atoms with Gasteiger partial charge in [0.2, 0.25) is 5.88 Å². The summed E-state index contributed by atoms with van der Waals surface area (Å²) in [5.41, 5.74) is 6.92. The second-order valence-electron chi connectivity index (χ2n) is 5.06. The Bertz CT molecular complexity index is 544. The summed E-state index contributed by atoms with van der Waals surface area (Å²) in [6.07, 6.45) is 3.91. The molecule has 1 heterocycles. The molecule has 0 aromatic carbocycles. The average Bonchev–Trinajstić information content (AvgIpc) is 2.52. The quantitative estimate of drug-likeness (QED) is 0.487. The van der Waals surface area contributed by atoms with Gasteiger partial charge in [0.25, 0.3) is 0 Å². The number of carbonyl (C=O) groups excluding carboxylic acids is 1. The van der Waals surface area contributed by atoms with Crippen LogP contribution in [-0.2, 0) is 4.74 Å². The minimum absolute atomic E-state index is 0.101. The molecule has 1 rings (SSSR count). The summed E-state index contributed by atoms with van der Waals surface area (Å²) in [5, 5.41) is 10.4. The molecule has 0 unspecified atom stereocenters. The van der Waals surface area contributed by atoms with Crippen molar-refractivity contribution < 1.29 is 14.6 Å². The van der Waals surface area contributed by atoms with Crippen molar-refractivity contribution in [3.05, 3.63) is 23.8 Å². The fraction of sp³-hybridized carbons (Fsp3) is 0.500. The Morgan fingerprint density at radius 2 is 2.04 bits per heavy atom. The number of rotatable bonds is 7. The fourth-order valence-electron chi connectivity index (χ4n) is 1.70. The zero-order valence-electron chi connectivity index (χ0n) is 13.7. The van der Waals surface area contributed by atoms with Crippen LogP contribution in [0.25, 0.3) is 5.70 Å². The van der Waals surface area contributed by atoms with E-state index in [1.54, 1.807) is 14.1 Å². The Kier molecular flexibility index (Phi) is 7.07. The molecule has 9 nitrogen and oxygen atoms in total. The van der Waals surface area contributed by atoms with Gasteiger partial charge in [0, 0.05) is 20.6 Å². The largest absolute Gasteiger partial charge is 0.492 e. The molecule has 0 fully saturated rings. The Balaban J connectivity index is 2.80. The minimum atomic E-state index is -0.456. The van der Waals surface area contributed by atoms with E-state index in [0.29, 0.717) is 17.9 Å². The van der Waals surface area contributed by atoms with E-state index >= 15 is 0 Å². The molecule has 128 valence electrons. The summed E-state index contributed by atoms with van der Waals surface area (Å²) in [6, 6.07) is 0. The number of unbranched alkanes of at least 4 members (excludes halogenated alkanes) is 1. The number of aromatic hydroxyl groups is 1. The van der Waals surface area contributed by atoms with Crippen LogP contribution in [0.15, 0.2) is 18.1 Å². The van der Waals surface area contributed by atoms with Gasteiger partial charge in [-0.2, -0.15) is 0 Å². The molecule has 1 aromatic rings. The van der Waals surface area contributed by atoms with Crippen molar-refractivity contribution in [1.29, 1.82) is 0 Å². The van der Waals surface area contributed by atoms with Crippen LogP contribution in [0.1, 0.15) is 25.5 Å². The van der Waals surface area contributed by atoms with Gasteiger partial charge in [-0.3, -0.25) is 0 Å². The number of nitrogens with zero attached hydrogens (tertiary/aromatic N) is 4. The van der Waals surface area contributed by atoms with Crippen molar-refractivity contribution in [3.8, 4) is 5.88 Å². The first-order chi connectivity index (χ1) is 10.9. The van der Waals surface area contributed by atoms with E-state index in [4.69, 9.17) is 21.4 Å². The molecule has 9 heteroatoms. The van der Waals surface area contributed by atoms with E-state index in [-0.39, 0.29) is 18.2 Å². The predicted octanol–water partition coefficient (Wildman–Crippen LogP) is 0.484. The highest BCUT2D eigenvalue weighted by molar-refractivity contribution is 5.68. The van der Waals surface area contributed by atoms with Crippen molar-refractivity contribution >= 4 is 11.8 Å². The molecule has 0 bridgehead atoms. The van der Waals surface area contributed by atoms with Crippen LogP contribution in [0, 0.1) is 0 Å². The van der Waals surface area contributed by atoms with Gasteiger partial charge in [0.1, 0.15) is 12.3 Å². The topological polar surface area (TPSA) is 131 Å². The lowest BCUT2D eigenvalue weighted by atomic mass is 10.2. The zero-order valence-corrected chi connectivity index (χ0v) is 13.7. The van der Waals surface area contributed by atoms with Crippen LogP contribution >= 0.6 is 0 Å². The summed E-state index contributed by atoms with van der Waals surface area (Å²) in [6.45, 7) is 2.56. The number of hydrogen-bond donors (Lipinski definition) is 3. The maximum atomic E-state index is 11.9. The molecule has 0 radical (unpaired) electrons. The van der Waals surface area contributed by atoms with Crippen LogP contribution in [-0.4, -0.2) is 58.3 Å². The van der Waals surface area contributed by atoms with Gasteiger partial charge >= 0.3 is 6.09 Å². The number of nitrogens with two attached hydrogens (primary N) is 2. The maximum absolute atomic E-state index is 11.9. The van der Waals surface area contributed by atoms with Gasteiger partial charge in [0.05, 0.1) is 23.8 Å². The van der Waals surface area contributed by atoms with Crippen LogP contribution < -0.4 is 11.6 Å². The average molecular weight is 324 g/mol. The number of amides is 1. The summed E-state index contributed by atoms with van der Waals surface area (Å²) in [5.74, 6) is 5.53. The summed E-state index contributed by atoms with van der Waals surface area (Å²) in [7, 11) is 3.24. The Hall–Kier alpha value is -2.55. The Labute approximate surface area is 135 Å². The van der Waals surface area contributed by atoms with Gasteiger partial charge in [-0.25, -0.2) is 20.6 Å². The monoisotopic (exact) mass is 324 g/mol. The first-order valence-electron chi connectivity index (χ1n) is 7.23. The van der Waals surface area contributed by atoms with Crippen molar-refractivity contribution in [2.24, 2.45) is 11.6 Å². The third kappa shape index (κ3) is 5.62. The van der Waals surface area contributed by atoms with E-state index in [9.17, 15) is 4.79 Å². The predicted molar refractivity (Wildman–Crippen MR) is 85.6 cm³/mol. The Morgan fingerprint density at radius 1 is 1.35 bits per heavy atom. The van der Waals surface area contributed by atoms with Crippen LogP contribution in [0.5, 0.6) is 5.88 Å². The van der Waals surface area contributed by atoms with E-state index < -0.39 is 6.09 Å². The molecule has 23 heavy (non-hydrogen) atoms. The van der Waals surface area contributed by atoms with Crippen molar-refractivity contribution in [2.75, 3.05) is 27.2 Å². The SMILES string of the molecule is CCCCN(C)C(=O)OC/C(=C(/N)c1cnc(O)cn1)N(C)N. The van der Waals surface area contributed by atoms with Crippen molar-refractivity contribution in [2.45, 2.75) is 19.8 Å². The third-order valence-corrected chi connectivity index (χ3v) is 3.14. The number of aromatic nitrogens is 2. The molecule has 0 spiro atoms. The van der Waals surface area contributed by atoms with E-state index in [1.807, 2.05) is 6.92 Å². The van der Waals surface area contributed by atoms with E-state index in [0.717, 1.165) is 12.8 Å². The fourth-order valence-corrected chi connectivity index (χ4v) is 1.70. The first-order valence-corrected chi connectivity index (χ1v) is 7.23. The molecule has 1 amide bonds. The lowest BCUT2D eigenvalue weighted by Crippen LogP contribution is -2.34. The molecule has 1 aromatic heterocycles. The van der Waals surface area contributed by atoms with Gasteiger partial charge in [-0.1, -0.05) is 13.3 Å². The van der Waals surface area contributed by atoms with Crippen LogP contribution in [0.4, 0.5) is 4.79 Å². The molecule has 0 atom stereocenters. The van der Waals surface area contributed by atoms with E-state index in [1.165, 1.54) is 22.3 Å². The summed E-state index contributed by atoms with van der Waals surface area (Å²) >= 11 is 0. The number of hydrogen-bond acceptors (Lipinski definition) is 8. The van der Waals surface area contributed by atoms with Crippen LogP contribution in [0.3, 0.4) is 0 Å². The molecule has 0 aliphatic rings. The summed E-state index contributed by atoms with van der Waals surface area (Å²) < 4.78 is 5.22. The van der Waals surface area contributed by atoms with Crippen molar-refractivity contribution in [1.82, 2.24) is 19.9 Å². The van der Waals surface area contributed by atoms with Gasteiger partial charge in [0.15, 0.2) is 0 Å². The highest BCUT2D eigenvalue weighted by atomic mass is 16.6. The molecule has 5 N–H and O–H groups in total. The zero-order chi connectivity index (χ0) is 17.4. The Morgan fingerprint density at radius 3 is 2.57 bits per heavy atom. The normalized spacial score (nSPS) is 11.7. The first kappa shape index (κ1) is 18.5. The maximum Gasteiger partial charge on any atom is 0.409 e. The molecular weight excluding hydrogens is 300 g/mol. The van der Waals surface area contributed by atoms with Crippen molar-refractivity contribution in [3.63, 3.8) is 0 Å². The van der Waals surface area contributed by atoms with Gasteiger partial charge in [-0.15, -0.1) is 0 Å². The van der Waals surface area contributed by atoms with Gasteiger partial charge < -0.3 is 25.5 Å². The number of carbonyl (C=O) groups is 1. The van der Waals surface area contributed by atoms with E-state index in [2.05, 4.69) is 9.97 Å². The standard InChI is InChI=1S/C14H24N6O3/c1-4-5-6-19(2)14(22)23-9-11(20(3)16)13(15)10-7-18-12(21)8-17-10/h7-8H,4-6,9,15-16H2,1-3H3,(H,18,21)/b13-11-. The lowest BCUT2D eigenvalue weighted by Gasteiger charge is -2.21. The summed E-state index contributed by atoms with van der Waals surface area (Å²) in [4.78, 5) is 21.1. The lowest BCUT2D eigenvalue weighted by molar-refractivity contribution is 0.113. The van der Waals surface area contributed by atoms with Crippen LogP contribution in [0.2, 0.25) is 0 Å². The third-order valence-electron chi connectivity index (χ3n) is 3.14. The minimum Gasteiger partial charge on any atom is -0.492 e.